The number of nitrogens with zero attached hydrogens (tertiary/aromatic N) is 3. The molecule has 0 aliphatic rings. The van der Waals surface area contributed by atoms with E-state index in [1.165, 1.54) is 10.8 Å². The van der Waals surface area contributed by atoms with E-state index in [1.54, 1.807) is 18.5 Å². The third-order valence-electron chi connectivity index (χ3n) is 2.22. The van der Waals surface area contributed by atoms with E-state index >= 15 is 0 Å². The number of hydrogen-bond acceptors (Lipinski definition) is 3. The summed E-state index contributed by atoms with van der Waals surface area (Å²) < 4.78 is 1.54. The summed E-state index contributed by atoms with van der Waals surface area (Å²) in [5.74, 6) is 0. The van der Waals surface area contributed by atoms with Crippen molar-refractivity contribution in [3.63, 3.8) is 0 Å². The van der Waals surface area contributed by atoms with Gasteiger partial charge in [0.2, 0.25) is 0 Å². The van der Waals surface area contributed by atoms with Crippen molar-refractivity contribution in [1.82, 2.24) is 14.5 Å². The van der Waals surface area contributed by atoms with Gasteiger partial charge in [0, 0.05) is 18.6 Å². The minimum absolute atomic E-state index is 0.248. The van der Waals surface area contributed by atoms with Crippen molar-refractivity contribution in [3.05, 3.63) is 58.5 Å². The molecule has 0 atom stereocenters. The van der Waals surface area contributed by atoms with Gasteiger partial charge in [0.1, 0.15) is 0 Å². The third-order valence-corrected chi connectivity index (χ3v) is 2.22. The molecule has 4 nitrogen and oxygen atoms in total. The molecule has 0 saturated carbocycles. The maximum absolute atomic E-state index is 11.4. The van der Waals surface area contributed by atoms with Crippen LogP contribution in [-0.2, 0) is 6.54 Å². The summed E-state index contributed by atoms with van der Waals surface area (Å²) in [5.41, 5.74) is 1.73. The standard InChI is InChI=1S/C11H11N3O/c1-9-4-2-5-12-10(9)8-14-7-3-6-13-11(14)15/h2-7H,8H2,1H3. The average molecular weight is 201 g/mol. The summed E-state index contributed by atoms with van der Waals surface area (Å²) in [6.45, 7) is 2.45. The summed E-state index contributed by atoms with van der Waals surface area (Å²) in [5, 5.41) is 0. The fourth-order valence-corrected chi connectivity index (χ4v) is 1.35. The van der Waals surface area contributed by atoms with Gasteiger partial charge in [-0.15, -0.1) is 0 Å². The summed E-state index contributed by atoms with van der Waals surface area (Å²) >= 11 is 0. The zero-order chi connectivity index (χ0) is 10.7. The lowest BCUT2D eigenvalue weighted by Gasteiger charge is -2.05. The first-order valence-corrected chi connectivity index (χ1v) is 4.69. The highest BCUT2D eigenvalue weighted by atomic mass is 16.1. The van der Waals surface area contributed by atoms with Crippen LogP contribution in [0.1, 0.15) is 11.3 Å². The van der Waals surface area contributed by atoms with Gasteiger partial charge in [-0.2, -0.15) is 0 Å². The van der Waals surface area contributed by atoms with E-state index in [0.29, 0.717) is 6.54 Å². The Kier molecular flexibility index (Phi) is 2.58. The number of rotatable bonds is 2. The van der Waals surface area contributed by atoms with Crippen LogP contribution in [0.15, 0.2) is 41.6 Å². The molecule has 4 heteroatoms. The zero-order valence-corrected chi connectivity index (χ0v) is 8.42. The molecular formula is C11H11N3O. The molecule has 0 amide bonds. The van der Waals surface area contributed by atoms with Crippen molar-refractivity contribution in [3.8, 4) is 0 Å². The van der Waals surface area contributed by atoms with Crippen LogP contribution in [0.2, 0.25) is 0 Å². The maximum Gasteiger partial charge on any atom is 0.347 e. The largest absolute Gasteiger partial charge is 0.347 e. The predicted octanol–water partition coefficient (Wildman–Crippen LogP) is 0.995. The normalized spacial score (nSPS) is 10.2. The second kappa shape index (κ2) is 4.04. The van der Waals surface area contributed by atoms with Gasteiger partial charge in [0.05, 0.1) is 12.2 Å². The predicted molar refractivity (Wildman–Crippen MR) is 56.6 cm³/mol. The Morgan fingerprint density at radius 2 is 2.07 bits per heavy atom. The third kappa shape index (κ3) is 2.10. The Bertz CT molecular complexity index is 519. The molecule has 2 aromatic heterocycles. The van der Waals surface area contributed by atoms with Crippen LogP contribution in [0.4, 0.5) is 0 Å². The topological polar surface area (TPSA) is 47.8 Å². The van der Waals surface area contributed by atoms with Crippen molar-refractivity contribution in [1.29, 1.82) is 0 Å². The number of aryl methyl sites for hydroxylation is 1. The van der Waals surface area contributed by atoms with Crippen molar-refractivity contribution >= 4 is 0 Å². The van der Waals surface area contributed by atoms with Gasteiger partial charge in [-0.05, 0) is 24.6 Å². The SMILES string of the molecule is Cc1cccnc1Cn1cccnc1=O. The van der Waals surface area contributed by atoms with Crippen LogP contribution in [0.5, 0.6) is 0 Å². The van der Waals surface area contributed by atoms with E-state index in [9.17, 15) is 4.79 Å². The Morgan fingerprint density at radius 3 is 2.80 bits per heavy atom. The molecule has 0 N–H and O–H groups in total. The lowest BCUT2D eigenvalue weighted by molar-refractivity contribution is 0.706. The number of aromatic nitrogens is 3. The van der Waals surface area contributed by atoms with Crippen LogP contribution in [-0.4, -0.2) is 14.5 Å². The second-order valence-electron chi connectivity index (χ2n) is 3.30. The highest BCUT2D eigenvalue weighted by Crippen LogP contribution is 2.03. The Hall–Kier alpha value is -1.97. The zero-order valence-electron chi connectivity index (χ0n) is 8.42. The smallest absolute Gasteiger partial charge is 0.293 e. The van der Waals surface area contributed by atoms with Crippen LogP contribution >= 0.6 is 0 Å². The summed E-state index contributed by atoms with van der Waals surface area (Å²) in [6.07, 6.45) is 4.93. The summed E-state index contributed by atoms with van der Waals surface area (Å²) in [6, 6.07) is 5.59. The molecule has 0 unspecified atom stereocenters. The van der Waals surface area contributed by atoms with Crippen molar-refractivity contribution in [2.24, 2.45) is 0 Å². The fourth-order valence-electron chi connectivity index (χ4n) is 1.35. The van der Waals surface area contributed by atoms with Gasteiger partial charge in [0.25, 0.3) is 0 Å². The van der Waals surface area contributed by atoms with Crippen LogP contribution in [0.3, 0.4) is 0 Å². The molecule has 76 valence electrons. The van der Waals surface area contributed by atoms with E-state index in [2.05, 4.69) is 9.97 Å². The lowest BCUT2D eigenvalue weighted by atomic mass is 10.2. The number of hydrogen-bond donors (Lipinski definition) is 0. The molecule has 2 heterocycles. The van der Waals surface area contributed by atoms with Crippen LogP contribution < -0.4 is 5.69 Å². The maximum atomic E-state index is 11.4. The Morgan fingerprint density at radius 1 is 1.27 bits per heavy atom. The van der Waals surface area contributed by atoms with E-state index in [1.807, 2.05) is 19.1 Å². The van der Waals surface area contributed by atoms with E-state index < -0.39 is 0 Å². The van der Waals surface area contributed by atoms with Crippen LogP contribution in [0.25, 0.3) is 0 Å². The molecule has 15 heavy (non-hydrogen) atoms. The fraction of sp³-hybridized carbons (Fsp3) is 0.182. The molecule has 0 aromatic carbocycles. The molecule has 0 radical (unpaired) electrons. The van der Waals surface area contributed by atoms with Gasteiger partial charge in [-0.3, -0.25) is 9.55 Å². The molecule has 0 aliphatic carbocycles. The Labute approximate surface area is 87.2 Å². The Balaban J connectivity index is 2.34. The molecule has 0 bridgehead atoms. The van der Waals surface area contributed by atoms with Crippen molar-refractivity contribution in [2.45, 2.75) is 13.5 Å². The molecular weight excluding hydrogens is 190 g/mol. The summed E-state index contributed by atoms with van der Waals surface area (Å²) in [4.78, 5) is 19.3. The first-order valence-electron chi connectivity index (χ1n) is 4.69. The minimum Gasteiger partial charge on any atom is -0.293 e. The van der Waals surface area contributed by atoms with Gasteiger partial charge in [-0.25, -0.2) is 9.78 Å². The van der Waals surface area contributed by atoms with E-state index in [-0.39, 0.29) is 5.69 Å². The quantitative estimate of drug-likeness (QED) is 0.728. The molecule has 2 aromatic rings. The highest BCUT2D eigenvalue weighted by molar-refractivity contribution is 5.17. The minimum atomic E-state index is -0.248. The lowest BCUT2D eigenvalue weighted by Crippen LogP contribution is -2.22. The molecule has 0 aliphatic heterocycles. The first kappa shape index (κ1) is 9.58. The second-order valence-corrected chi connectivity index (χ2v) is 3.30. The highest BCUT2D eigenvalue weighted by Gasteiger charge is 2.01. The monoisotopic (exact) mass is 201 g/mol. The molecule has 0 spiro atoms. The van der Waals surface area contributed by atoms with E-state index in [4.69, 9.17) is 0 Å². The van der Waals surface area contributed by atoms with Crippen molar-refractivity contribution in [2.75, 3.05) is 0 Å². The van der Waals surface area contributed by atoms with Gasteiger partial charge >= 0.3 is 5.69 Å². The van der Waals surface area contributed by atoms with Crippen LogP contribution in [0, 0.1) is 6.92 Å². The number of pyridine rings is 1. The average Bonchev–Trinajstić information content (AvgIpc) is 2.24. The van der Waals surface area contributed by atoms with Gasteiger partial charge < -0.3 is 0 Å². The molecule has 2 rings (SSSR count). The first-order chi connectivity index (χ1) is 7.27. The van der Waals surface area contributed by atoms with E-state index in [0.717, 1.165) is 11.3 Å². The molecule has 0 saturated heterocycles. The van der Waals surface area contributed by atoms with Crippen molar-refractivity contribution < 1.29 is 0 Å². The molecule has 0 fully saturated rings. The summed E-state index contributed by atoms with van der Waals surface area (Å²) in [7, 11) is 0. The van der Waals surface area contributed by atoms with Gasteiger partial charge in [-0.1, -0.05) is 6.07 Å². The van der Waals surface area contributed by atoms with Gasteiger partial charge in [0.15, 0.2) is 0 Å².